The van der Waals surface area contributed by atoms with E-state index in [1.54, 1.807) is 0 Å². The van der Waals surface area contributed by atoms with E-state index in [1.165, 1.54) is 0 Å². The Balaban J connectivity index is 0.00000196. The Bertz CT molecular complexity index is 290. The van der Waals surface area contributed by atoms with Crippen LogP contribution in [0.4, 0.5) is 0 Å². The van der Waals surface area contributed by atoms with Crippen LogP contribution in [-0.2, 0) is 11.2 Å². The fraction of sp³-hybridized carbons (Fsp3) is 0.364. The van der Waals surface area contributed by atoms with Gasteiger partial charge in [0.05, 0.1) is 5.92 Å². The molecule has 0 aliphatic carbocycles. The molecule has 15 heavy (non-hydrogen) atoms. The minimum absolute atomic E-state index is 0. The third kappa shape index (κ3) is 4.81. The Morgan fingerprint density at radius 3 is 2.40 bits per heavy atom. The van der Waals surface area contributed by atoms with Gasteiger partial charge in [-0.1, -0.05) is 30.3 Å². The van der Waals surface area contributed by atoms with E-state index >= 15 is 0 Å². The number of benzene rings is 1. The van der Waals surface area contributed by atoms with Gasteiger partial charge in [-0.2, -0.15) is 0 Å². The van der Waals surface area contributed by atoms with Crippen LogP contribution < -0.4 is 5.73 Å². The van der Waals surface area contributed by atoms with Gasteiger partial charge in [0.1, 0.15) is 0 Å². The number of carboxylic acid groups (broad SMARTS) is 1. The first kappa shape index (κ1) is 13.9. The fourth-order valence-electron chi connectivity index (χ4n) is 1.41. The zero-order valence-corrected chi connectivity index (χ0v) is 9.24. The predicted octanol–water partition coefficient (Wildman–Crippen LogP) is 1.70. The second-order valence-corrected chi connectivity index (χ2v) is 3.30. The number of carbonyl (C=O) groups is 1. The Morgan fingerprint density at radius 2 is 1.93 bits per heavy atom. The van der Waals surface area contributed by atoms with Crippen LogP contribution in [0.3, 0.4) is 0 Å². The summed E-state index contributed by atoms with van der Waals surface area (Å²) in [6.45, 7) is 0.420. The summed E-state index contributed by atoms with van der Waals surface area (Å²) < 4.78 is 0. The van der Waals surface area contributed by atoms with Gasteiger partial charge in [-0.05, 0) is 24.9 Å². The number of halogens is 1. The molecule has 84 valence electrons. The standard InChI is InChI=1S/C11H15NO2.ClH/c12-7-6-10(11(13)14)8-9-4-2-1-3-5-9;/h1-5,10H,6-8,12H2,(H,13,14);1H. The lowest BCUT2D eigenvalue weighted by Crippen LogP contribution is -2.20. The molecule has 3 nitrogen and oxygen atoms in total. The van der Waals surface area contributed by atoms with Crippen molar-refractivity contribution < 1.29 is 9.90 Å². The van der Waals surface area contributed by atoms with E-state index in [1.807, 2.05) is 30.3 Å². The molecule has 1 unspecified atom stereocenters. The largest absolute Gasteiger partial charge is 0.481 e. The summed E-state index contributed by atoms with van der Waals surface area (Å²) in [6, 6.07) is 9.62. The topological polar surface area (TPSA) is 63.3 Å². The zero-order valence-electron chi connectivity index (χ0n) is 8.43. The van der Waals surface area contributed by atoms with Crippen LogP contribution >= 0.6 is 12.4 Å². The normalized spacial score (nSPS) is 11.5. The highest BCUT2D eigenvalue weighted by Crippen LogP contribution is 2.11. The Labute approximate surface area is 95.7 Å². The Kier molecular flexibility index (Phi) is 6.75. The summed E-state index contributed by atoms with van der Waals surface area (Å²) >= 11 is 0. The van der Waals surface area contributed by atoms with Crippen LogP contribution in [0.25, 0.3) is 0 Å². The van der Waals surface area contributed by atoms with Crippen molar-refractivity contribution in [2.24, 2.45) is 11.7 Å². The van der Waals surface area contributed by atoms with Gasteiger partial charge in [0.2, 0.25) is 0 Å². The summed E-state index contributed by atoms with van der Waals surface area (Å²) in [5.74, 6) is -1.12. The summed E-state index contributed by atoms with van der Waals surface area (Å²) in [6.07, 6.45) is 1.09. The Hall–Kier alpha value is -1.06. The van der Waals surface area contributed by atoms with Gasteiger partial charge in [-0.15, -0.1) is 12.4 Å². The van der Waals surface area contributed by atoms with Crippen molar-refractivity contribution in [3.8, 4) is 0 Å². The number of rotatable bonds is 5. The van der Waals surface area contributed by atoms with Crippen molar-refractivity contribution in [1.82, 2.24) is 0 Å². The van der Waals surface area contributed by atoms with Crippen LogP contribution in [0.5, 0.6) is 0 Å². The van der Waals surface area contributed by atoms with Crippen molar-refractivity contribution in [3.63, 3.8) is 0 Å². The predicted molar refractivity (Wildman–Crippen MR) is 62.2 cm³/mol. The number of carboxylic acids is 1. The molecule has 0 aromatic heterocycles. The van der Waals surface area contributed by atoms with Crippen LogP contribution in [0.1, 0.15) is 12.0 Å². The quantitative estimate of drug-likeness (QED) is 0.808. The molecule has 3 N–H and O–H groups in total. The van der Waals surface area contributed by atoms with Crippen LogP contribution in [0.2, 0.25) is 0 Å². The van der Waals surface area contributed by atoms with Crippen molar-refractivity contribution >= 4 is 18.4 Å². The van der Waals surface area contributed by atoms with Gasteiger partial charge in [0.15, 0.2) is 0 Å². The second-order valence-electron chi connectivity index (χ2n) is 3.30. The number of nitrogens with two attached hydrogens (primary N) is 1. The molecule has 0 heterocycles. The molecule has 0 aliphatic rings. The van der Waals surface area contributed by atoms with Gasteiger partial charge in [0, 0.05) is 0 Å². The highest BCUT2D eigenvalue weighted by molar-refractivity contribution is 5.85. The van der Waals surface area contributed by atoms with E-state index in [0.29, 0.717) is 19.4 Å². The van der Waals surface area contributed by atoms with E-state index in [4.69, 9.17) is 10.8 Å². The van der Waals surface area contributed by atoms with E-state index in [0.717, 1.165) is 5.56 Å². The summed E-state index contributed by atoms with van der Waals surface area (Å²) in [5.41, 5.74) is 6.41. The third-order valence-corrected chi connectivity index (χ3v) is 2.19. The van der Waals surface area contributed by atoms with Gasteiger partial charge >= 0.3 is 5.97 Å². The van der Waals surface area contributed by atoms with Gasteiger partial charge in [-0.3, -0.25) is 4.79 Å². The highest BCUT2D eigenvalue weighted by Gasteiger charge is 2.16. The van der Waals surface area contributed by atoms with Gasteiger partial charge in [0.25, 0.3) is 0 Å². The Morgan fingerprint density at radius 1 is 1.33 bits per heavy atom. The fourth-order valence-corrected chi connectivity index (χ4v) is 1.41. The molecule has 4 heteroatoms. The zero-order chi connectivity index (χ0) is 10.4. The summed E-state index contributed by atoms with van der Waals surface area (Å²) in [7, 11) is 0. The summed E-state index contributed by atoms with van der Waals surface area (Å²) in [4.78, 5) is 10.8. The molecule has 0 amide bonds. The average molecular weight is 230 g/mol. The lowest BCUT2D eigenvalue weighted by atomic mass is 9.96. The lowest BCUT2D eigenvalue weighted by molar-refractivity contribution is -0.141. The molecule has 0 saturated heterocycles. The second kappa shape index (κ2) is 7.26. The third-order valence-electron chi connectivity index (χ3n) is 2.19. The molecule has 0 radical (unpaired) electrons. The van der Waals surface area contributed by atoms with Crippen LogP contribution in [0, 0.1) is 5.92 Å². The molecule has 0 saturated carbocycles. The van der Waals surface area contributed by atoms with Crippen LogP contribution in [-0.4, -0.2) is 17.6 Å². The molecular weight excluding hydrogens is 214 g/mol. The minimum Gasteiger partial charge on any atom is -0.481 e. The molecular formula is C11H16ClNO2. The minimum atomic E-state index is -0.765. The van der Waals surface area contributed by atoms with E-state index in [-0.39, 0.29) is 18.3 Å². The molecule has 1 aromatic carbocycles. The van der Waals surface area contributed by atoms with E-state index in [2.05, 4.69) is 0 Å². The SMILES string of the molecule is Cl.NCCC(Cc1ccccc1)C(=O)O. The first-order chi connectivity index (χ1) is 6.74. The maximum Gasteiger partial charge on any atom is 0.306 e. The molecule has 0 spiro atoms. The maximum atomic E-state index is 10.8. The number of aliphatic carboxylic acids is 1. The smallest absolute Gasteiger partial charge is 0.306 e. The van der Waals surface area contributed by atoms with E-state index in [9.17, 15) is 4.79 Å². The summed E-state index contributed by atoms with van der Waals surface area (Å²) in [5, 5.41) is 8.91. The van der Waals surface area contributed by atoms with Gasteiger partial charge < -0.3 is 10.8 Å². The lowest BCUT2D eigenvalue weighted by Gasteiger charge is -2.10. The van der Waals surface area contributed by atoms with Crippen molar-refractivity contribution in [2.75, 3.05) is 6.54 Å². The maximum absolute atomic E-state index is 10.8. The van der Waals surface area contributed by atoms with Crippen molar-refractivity contribution in [3.05, 3.63) is 35.9 Å². The number of hydrogen-bond donors (Lipinski definition) is 2. The highest BCUT2D eigenvalue weighted by atomic mass is 35.5. The van der Waals surface area contributed by atoms with Gasteiger partial charge in [-0.25, -0.2) is 0 Å². The first-order valence-corrected chi connectivity index (χ1v) is 4.71. The average Bonchev–Trinajstić information content (AvgIpc) is 2.18. The van der Waals surface area contributed by atoms with Crippen molar-refractivity contribution in [2.45, 2.75) is 12.8 Å². The van der Waals surface area contributed by atoms with Crippen LogP contribution in [0.15, 0.2) is 30.3 Å². The van der Waals surface area contributed by atoms with Crippen molar-refractivity contribution in [1.29, 1.82) is 0 Å². The molecule has 1 aromatic rings. The molecule has 0 bridgehead atoms. The first-order valence-electron chi connectivity index (χ1n) is 4.71. The number of hydrogen-bond acceptors (Lipinski definition) is 2. The van der Waals surface area contributed by atoms with E-state index < -0.39 is 5.97 Å². The molecule has 0 aliphatic heterocycles. The molecule has 1 rings (SSSR count). The molecule has 0 fully saturated rings. The molecule has 1 atom stereocenters. The monoisotopic (exact) mass is 229 g/mol.